The van der Waals surface area contributed by atoms with Crippen LogP contribution in [0.15, 0.2) is 24.4 Å². The molecule has 6 heteroatoms. The van der Waals surface area contributed by atoms with E-state index in [1.54, 1.807) is 6.20 Å². The first kappa shape index (κ1) is 16.0. The fraction of sp³-hybridized carbons (Fsp3) is 0.474. The van der Waals surface area contributed by atoms with Gasteiger partial charge in [0.2, 0.25) is 0 Å². The molecular formula is C19H22N4O2. The number of nitrogens with zero attached hydrogens (tertiary/aromatic N) is 4. The Bertz CT molecular complexity index is 809. The molecule has 0 N–H and O–H groups in total. The second-order valence-electron chi connectivity index (χ2n) is 7.09. The minimum Gasteiger partial charge on any atom is -0.469 e. The lowest BCUT2D eigenvalue weighted by Crippen LogP contribution is -2.33. The molecule has 1 atom stereocenters. The molecule has 0 saturated carbocycles. The SMILES string of the molecule is COC(=O)C1(C)CCN(c2nc(-c3ccccn3)nc3c2CCC3)C1. The van der Waals surface area contributed by atoms with Gasteiger partial charge in [-0.2, -0.15) is 0 Å². The molecule has 1 aliphatic carbocycles. The summed E-state index contributed by atoms with van der Waals surface area (Å²) in [6.45, 7) is 3.40. The van der Waals surface area contributed by atoms with Crippen molar-refractivity contribution in [3.05, 3.63) is 35.7 Å². The molecule has 2 aromatic rings. The predicted octanol–water partition coefficient (Wildman–Crippen LogP) is 2.42. The number of pyridine rings is 1. The van der Waals surface area contributed by atoms with E-state index in [1.807, 2.05) is 25.1 Å². The van der Waals surface area contributed by atoms with Crippen molar-refractivity contribution >= 4 is 11.8 Å². The monoisotopic (exact) mass is 338 g/mol. The normalized spacial score (nSPS) is 22.1. The van der Waals surface area contributed by atoms with Gasteiger partial charge in [0.1, 0.15) is 11.5 Å². The first-order valence-corrected chi connectivity index (χ1v) is 8.75. The average Bonchev–Trinajstić information content (AvgIpc) is 3.28. The van der Waals surface area contributed by atoms with Crippen LogP contribution >= 0.6 is 0 Å². The number of aryl methyl sites for hydroxylation is 1. The smallest absolute Gasteiger partial charge is 0.313 e. The van der Waals surface area contributed by atoms with Crippen molar-refractivity contribution in [3.8, 4) is 11.5 Å². The fourth-order valence-electron chi connectivity index (χ4n) is 3.84. The lowest BCUT2D eigenvalue weighted by Gasteiger charge is -2.24. The summed E-state index contributed by atoms with van der Waals surface area (Å²) in [4.78, 5) is 28.4. The Morgan fingerprint density at radius 1 is 1.28 bits per heavy atom. The lowest BCUT2D eigenvalue weighted by molar-refractivity contribution is -0.150. The van der Waals surface area contributed by atoms with Gasteiger partial charge in [0.05, 0.1) is 12.5 Å². The molecule has 0 radical (unpaired) electrons. The maximum absolute atomic E-state index is 12.1. The molecule has 0 bridgehead atoms. The number of carbonyl (C=O) groups is 1. The molecule has 25 heavy (non-hydrogen) atoms. The summed E-state index contributed by atoms with van der Waals surface area (Å²) >= 11 is 0. The van der Waals surface area contributed by atoms with Gasteiger partial charge in [0.25, 0.3) is 0 Å². The number of anilines is 1. The molecule has 1 fully saturated rings. The van der Waals surface area contributed by atoms with E-state index in [9.17, 15) is 4.79 Å². The first-order chi connectivity index (χ1) is 12.1. The summed E-state index contributed by atoms with van der Waals surface area (Å²) in [5.74, 6) is 1.49. The Hall–Kier alpha value is -2.50. The zero-order chi connectivity index (χ0) is 17.4. The van der Waals surface area contributed by atoms with E-state index >= 15 is 0 Å². The lowest BCUT2D eigenvalue weighted by atomic mass is 9.90. The van der Waals surface area contributed by atoms with Crippen LogP contribution in [0, 0.1) is 5.41 Å². The van der Waals surface area contributed by atoms with Gasteiger partial charge in [0.15, 0.2) is 5.82 Å². The van der Waals surface area contributed by atoms with Crippen molar-refractivity contribution < 1.29 is 9.53 Å². The third-order valence-electron chi connectivity index (χ3n) is 5.26. The van der Waals surface area contributed by atoms with Crippen molar-refractivity contribution in [2.45, 2.75) is 32.6 Å². The van der Waals surface area contributed by atoms with Gasteiger partial charge in [0, 0.05) is 30.5 Å². The van der Waals surface area contributed by atoms with Gasteiger partial charge in [-0.05, 0) is 44.7 Å². The van der Waals surface area contributed by atoms with Crippen LogP contribution < -0.4 is 4.90 Å². The van der Waals surface area contributed by atoms with E-state index in [2.05, 4.69) is 9.88 Å². The molecule has 4 rings (SSSR count). The van der Waals surface area contributed by atoms with Crippen LogP contribution in [0.4, 0.5) is 5.82 Å². The second kappa shape index (κ2) is 6.10. The van der Waals surface area contributed by atoms with Gasteiger partial charge in [-0.15, -0.1) is 0 Å². The number of aromatic nitrogens is 3. The maximum atomic E-state index is 12.1. The third kappa shape index (κ3) is 2.75. The van der Waals surface area contributed by atoms with Gasteiger partial charge >= 0.3 is 5.97 Å². The molecule has 1 aliphatic heterocycles. The van der Waals surface area contributed by atoms with Crippen molar-refractivity contribution in [2.24, 2.45) is 5.41 Å². The van der Waals surface area contributed by atoms with E-state index in [0.29, 0.717) is 12.4 Å². The Morgan fingerprint density at radius 3 is 2.92 bits per heavy atom. The van der Waals surface area contributed by atoms with E-state index in [4.69, 9.17) is 14.7 Å². The summed E-state index contributed by atoms with van der Waals surface area (Å²) in [6, 6.07) is 5.77. The minimum absolute atomic E-state index is 0.148. The number of rotatable bonds is 3. The quantitative estimate of drug-likeness (QED) is 0.801. The molecule has 0 spiro atoms. The highest BCUT2D eigenvalue weighted by Gasteiger charge is 2.42. The van der Waals surface area contributed by atoms with E-state index < -0.39 is 5.41 Å². The molecule has 0 aromatic carbocycles. The standard InChI is InChI=1S/C19H22N4O2/c1-19(18(24)25-2)9-11-23(12-19)17-13-6-5-8-14(13)21-16(22-17)15-7-3-4-10-20-15/h3-4,7,10H,5-6,8-9,11-12H2,1-2H3. The molecule has 3 heterocycles. The van der Waals surface area contributed by atoms with E-state index in [0.717, 1.165) is 49.4 Å². The first-order valence-electron chi connectivity index (χ1n) is 8.75. The summed E-state index contributed by atoms with van der Waals surface area (Å²) in [5.41, 5.74) is 2.66. The van der Waals surface area contributed by atoms with Crippen molar-refractivity contribution in [1.29, 1.82) is 0 Å². The van der Waals surface area contributed by atoms with Crippen LogP contribution in [0.3, 0.4) is 0 Å². The summed E-state index contributed by atoms with van der Waals surface area (Å²) in [5, 5.41) is 0. The van der Waals surface area contributed by atoms with Gasteiger partial charge in [-0.25, -0.2) is 9.97 Å². The van der Waals surface area contributed by atoms with Gasteiger partial charge in [-0.1, -0.05) is 6.07 Å². The predicted molar refractivity (Wildman–Crippen MR) is 94.2 cm³/mol. The number of carbonyl (C=O) groups excluding carboxylic acids is 1. The van der Waals surface area contributed by atoms with Crippen LogP contribution in [0.1, 0.15) is 31.0 Å². The number of hydrogen-bond donors (Lipinski definition) is 0. The molecule has 2 aromatic heterocycles. The van der Waals surface area contributed by atoms with Crippen molar-refractivity contribution in [3.63, 3.8) is 0 Å². The van der Waals surface area contributed by atoms with Crippen LogP contribution in [0.5, 0.6) is 0 Å². The van der Waals surface area contributed by atoms with Gasteiger partial charge in [-0.3, -0.25) is 9.78 Å². The highest BCUT2D eigenvalue weighted by molar-refractivity contribution is 5.78. The number of esters is 1. The number of methoxy groups -OCH3 is 1. The topological polar surface area (TPSA) is 68.2 Å². The molecule has 0 amide bonds. The summed E-state index contributed by atoms with van der Waals surface area (Å²) < 4.78 is 5.00. The molecule has 2 aliphatic rings. The van der Waals surface area contributed by atoms with Crippen LogP contribution in [-0.2, 0) is 22.4 Å². The van der Waals surface area contributed by atoms with Gasteiger partial charge < -0.3 is 9.64 Å². The van der Waals surface area contributed by atoms with Crippen molar-refractivity contribution in [1.82, 2.24) is 15.0 Å². The molecular weight excluding hydrogens is 316 g/mol. The Labute approximate surface area is 147 Å². The Balaban J connectivity index is 1.73. The maximum Gasteiger partial charge on any atom is 0.313 e. The molecule has 130 valence electrons. The zero-order valence-electron chi connectivity index (χ0n) is 14.7. The molecule has 6 nitrogen and oxygen atoms in total. The van der Waals surface area contributed by atoms with Crippen LogP contribution in [0.25, 0.3) is 11.5 Å². The second-order valence-corrected chi connectivity index (χ2v) is 7.09. The summed E-state index contributed by atoms with van der Waals surface area (Å²) in [7, 11) is 1.46. The largest absolute Gasteiger partial charge is 0.469 e. The average molecular weight is 338 g/mol. The molecule has 1 unspecified atom stereocenters. The minimum atomic E-state index is -0.476. The third-order valence-corrected chi connectivity index (χ3v) is 5.26. The number of ether oxygens (including phenoxy) is 1. The van der Waals surface area contributed by atoms with E-state index in [1.165, 1.54) is 12.7 Å². The Morgan fingerprint density at radius 2 is 2.16 bits per heavy atom. The number of fused-ring (bicyclic) bond motifs is 1. The fourth-order valence-corrected chi connectivity index (χ4v) is 3.84. The van der Waals surface area contributed by atoms with E-state index in [-0.39, 0.29) is 5.97 Å². The Kier molecular flexibility index (Phi) is 3.90. The highest BCUT2D eigenvalue weighted by Crippen LogP contribution is 2.38. The highest BCUT2D eigenvalue weighted by atomic mass is 16.5. The van der Waals surface area contributed by atoms with Crippen LogP contribution in [0.2, 0.25) is 0 Å². The van der Waals surface area contributed by atoms with Crippen LogP contribution in [-0.4, -0.2) is 41.1 Å². The summed E-state index contributed by atoms with van der Waals surface area (Å²) in [6.07, 6.45) is 5.61. The molecule has 1 saturated heterocycles. The van der Waals surface area contributed by atoms with Crippen molar-refractivity contribution in [2.75, 3.05) is 25.1 Å². The zero-order valence-corrected chi connectivity index (χ0v) is 14.7. The number of hydrogen-bond acceptors (Lipinski definition) is 6.